The Hall–Kier alpha value is -3.01. The minimum absolute atomic E-state index is 0.131. The number of hydrogen-bond acceptors (Lipinski definition) is 4. The number of halogens is 2. The van der Waals surface area contributed by atoms with Crippen molar-refractivity contribution in [2.24, 2.45) is 0 Å². The van der Waals surface area contributed by atoms with Gasteiger partial charge in [0, 0.05) is 5.56 Å². The molecule has 0 aliphatic heterocycles. The topological polar surface area (TPSA) is 78.5 Å². The summed E-state index contributed by atoms with van der Waals surface area (Å²) in [5.41, 5.74) is 1.13. The van der Waals surface area contributed by atoms with Crippen molar-refractivity contribution in [3.05, 3.63) is 47.7 Å². The monoisotopic (exact) mass is 272 g/mol. The van der Waals surface area contributed by atoms with Crippen molar-refractivity contribution in [2.75, 3.05) is 0 Å². The number of nitrogens with zero attached hydrogens (tertiary/aromatic N) is 3. The number of nitrogens with one attached hydrogen (secondary N) is 1. The normalized spacial score (nSPS) is 10.4. The zero-order valence-electron chi connectivity index (χ0n) is 9.89. The van der Waals surface area contributed by atoms with Gasteiger partial charge in [-0.05, 0) is 30.3 Å². The number of benzene rings is 1. The van der Waals surface area contributed by atoms with E-state index in [-0.39, 0.29) is 11.7 Å². The van der Waals surface area contributed by atoms with Gasteiger partial charge in [0.05, 0.1) is 0 Å². The first kappa shape index (κ1) is 12.0. The molecule has 0 unspecified atom stereocenters. The summed E-state index contributed by atoms with van der Waals surface area (Å²) in [7, 11) is 0. The lowest BCUT2D eigenvalue weighted by atomic mass is 10.2. The highest BCUT2D eigenvalue weighted by Gasteiger charge is 2.13. The zero-order valence-corrected chi connectivity index (χ0v) is 9.89. The van der Waals surface area contributed by atoms with Crippen molar-refractivity contribution < 1.29 is 13.3 Å². The molecule has 5 nitrogen and oxygen atoms in total. The largest absolute Gasteiger partial charge is 0.342 e. The number of aromatic nitrogens is 3. The molecule has 0 radical (unpaired) electrons. The molecule has 0 fully saturated rings. The Morgan fingerprint density at radius 1 is 1.15 bits per heavy atom. The number of nitriles is 1. The van der Waals surface area contributed by atoms with Crippen LogP contribution in [0.2, 0.25) is 0 Å². The SMILES string of the molecule is N#Cc1ccc(-c2nc(-c3ccc(F)c(F)c3)no2)[nH]1. The summed E-state index contributed by atoms with van der Waals surface area (Å²) >= 11 is 0. The number of H-pyrrole nitrogens is 1. The summed E-state index contributed by atoms with van der Waals surface area (Å²) in [5, 5.41) is 12.4. The van der Waals surface area contributed by atoms with Crippen molar-refractivity contribution in [3.8, 4) is 29.0 Å². The molecule has 0 saturated heterocycles. The second-order valence-electron chi connectivity index (χ2n) is 3.95. The molecule has 0 amide bonds. The van der Waals surface area contributed by atoms with Crippen LogP contribution in [0, 0.1) is 23.0 Å². The molecule has 0 bridgehead atoms. The number of rotatable bonds is 2. The smallest absolute Gasteiger partial charge is 0.274 e. The first-order valence-electron chi connectivity index (χ1n) is 5.56. The van der Waals surface area contributed by atoms with E-state index in [1.165, 1.54) is 6.07 Å². The van der Waals surface area contributed by atoms with Crippen LogP contribution < -0.4 is 0 Å². The van der Waals surface area contributed by atoms with Crippen LogP contribution in [0.15, 0.2) is 34.9 Å². The van der Waals surface area contributed by atoms with Gasteiger partial charge in [0.2, 0.25) is 5.82 Å². The minimum atomic E-state index is -0.986. The van der Waals surface area contributed by atoms with E-state index in [2.05, 4.69) is 15.1 Å². The molecule has 0 spiro atoms. The maximum absolute atomic E-state index is 13.1. The van der Waals surface area contributed by atoms with E-state index in [9.17, 15) is 8.78 Å². The lowest BCUT2D eigenvalue weighted by Gasteiger charge is -1.95. The van der Waals surface area contributed by atoms with Gasteiger partial charge in [-0.25, -0.2) is 8.78 Å². The summed E-state index contributed by atoms with van der Waals surface area (Å²) in [4.78, 5) is 6.83. The summed E-state index contributed by atoms with van der Waals surface area (Å²) < 4.78 is 31.0. The van der Waals surface area contributed by atoms with E-state index < -0.39 is 11.6 Å². The summed E-state index contributed by atoms with van der Waals surface area (Å²) in [6.07, 6.45) is 0. The first-order valence-corrected chi connectivity index (χ1v) is 5.56. The fourth-order valence-electron chi connectivity index (χ4n) is 1.67. The third-order valence-corrected chi connectivity index (χ3v) is 2.64. The molecule has 3 rings (SSSR count). The molecule has 0 aliphatic rings. The molecule has 0 atom stereocenters. The van der Waals surface area contributed by atoms with Crippen LogP contribution in [0.3, 0.4) is 0 Å². The van der Waals surface area contributed by atoms with Gasteiger partial charge in [-0.2, -0.15) is 10.2 Å². The Bertz CT molecular complexity index is 816. The Morgan fingerprint density at radius 3 is 2.70 bits per heavy atom. The van der Waals surface area contributed by atoms with Crippen LogP contribution in [0.4, 0.5) is 8.78 Å². The van der Waals surface area contributed by atoms with E-state index in [0.717, 1.165) is 12.1 Å². The van der Waals surface area contributed by atoms with Crippen LogP contribution in [-0.2, 0) is 0 Å². The van der Waals surface area contributed by atoms with Crippen molar-refractivity contribution in [1.29, 1.82) is 5.26 Å². The van der Waals surface area contributed by atoms with E-state index in [4.69, 9.17) is 9.78 Å². The fraction of sp³-hybridized carbons (Fsp3) is 0. The zero-order chi connectivity index (χ0) is 14.1. The third-order valence-electron chi connectivity index (χ3n) is 2.64. The Labute approximate surface area is 111 Å². The molecule has 20 heavy (non-hydrogen) atoms. The second kappa shape index (κ2) is 4.59. The Morgan fingerprint density at radius 2 is 2.00 bits per heavy atom. The molecule has 3 aromatic rings. The predicted molar refractivity (Wildman–Crippen MR) is 64.2 cm³/mol. The van der Waals surface area contributed by atoms with Crippen molar-refractivity contribution in [3.63, 3.8) is 0 Å². The highest BCUT2D eigenvalue weighted by molar-refractivity contribution is 5.58. The van der Waals surface area contributed by atoms with Crippen LogP contribution in [0.1, 0.15) is 5.69 Å². The maximum atomic E-state index is 13.1. The van der Waals surface area contributed by atoms with Gasteiger partial charge >= 0.3 is 0 Å². The highest BCUT2D eigenvalue weighted by atomic mass is 19.2. The first-order chi connectivity index (χ1) is 9.67. The standard InChI is InChI=1S/C13H6F2N4O/c14-9-3-1-7(5-10(9)15)12-18-13(20-19-12)11-4-2-8(6-16)17-11/h1-5,17H. The van der Waals surface area contributed by atoms with Crippen LogP contribution in [0.25, 0.3) is 23.0 Å². The summed E-state index contributed by atoms with van der Waals surface area (Å²) in [5.74, 6) is -1.64. The molecule has 2 aromatic heterocycles. The summed E-state index contributed by atoms with van der Waals surface area (Å²) in [6, 6.07) is 8.44. The average molecular weight is 272 g/mol. The molecule has 1 N–H and O–H groups in total. The Kier molecular flexibility index (Phi) is 2.76. The van der Waals surface area contributed by atoms with E-state index in [1.54, 1.807) is 12.1 Å². The van der Waals surface area contributed by atoms with Gasteiger partial charge < -0.3 is 9.51 Å². The van der Waals surface area contributed by atoms with Crippen molar-refractivity contribution in [1.82, 2.24) is 15.1 Å². The van der Waals surface area contributed by atoms with Crippen molar-refractivity contribution in [2.45, 2.75) is 0 Å². The molecule has 2 heterocycles. The Balaban J connectivity index is 1.97. The lowest BCUT2D eigenvalue weighted by Crippen LogP contribution is -1.87. The molecule has 0 saturated carbocycles. The minimum Gasteiger partial charge on any atom is -0.342 e. The molecular weight excluding hydrogens is 266 g/mol. The van der Waals surface area contributed by atoms with Gasteiger partial charge in [-0.1, -0.05) is 5.16 Å². The molecule has 1 aromatic carbocycles. The van der Waals surface area contributed by atoms with Gasteiger partial charge in [-0.15, -0.1) is 0 Å². The second-order valence-corrected chi connectivity index (χ2v) is 3.95. The average Bonchev–Trinajstić information content (AvgIpc) is 3.09. The number of aromatic amines is 1. The van der Waals surface area contributed by atoms with Crippen LogP contribution in [-0.4, -0.2) is 15.1 Å². The number of hydrogen-bond donors (Lipinski definition) is 1. The molecule has 7 heteroatoms. The molecule has 0 aliphatic carbocycles. The van der Waals surface area contributed by atoms with E-state index in [0.29, 0.717) is 17.0 Å². The van der Waals surface area contributed by atoms with Gasteiger partial charge in [0.1, 0.15) is 17.5 Å². The van der Waals surface area contributed by atoms with E-state index in [1.807, 2.05) is 6.07 Å². The fourth-order valence-corrected chi connectivity index (χ4v) is 1.67. The van der Waals surface area contributed by atoms with Gasteiger partial charge in [0.25, 0.3) is 5.89 Å². The van der Waals surface area contributed by atoms with E-state index >= 15 is 0 Å². The van der Waals surface area contributed by atoms with Crippen LogP contribution in [0.5, 0.6) is 0 Å². The molecular formula is C13H6F2N4O. The van der Waals surface area contributed by atoms with Crippen molar-refractivity contribution >= 4 is 0 Å². The molecule has 98 valence electrons. The quantitative estimate of drug-likeness (QED) is 0.778. The predicted octanol–water partition coefficient (Wildman–Crippen LogP) is 2.88. The summed E-state index contributed by atoms with van der Waals surface area (Å²) in [6.45, 7) is 0. The third kappa shape index (κ3) is 2.03. The van der Waals surface area contributed by atoms with Crippen LogP contribution >= 0.6 is 0 Å². The highest BCUT2D eigenvalue weighted by Crippen LogP contribution is 2.22. The maximum Gasteiger partial charge on any atom is 0.274 e. The van der Waals surface area contributed by atoms with Gasteiger partial charge in [0.15, 0.2) is 11.6 Å². The lowest BCUT2D eigenvalue weighted by molar-refractivity contribution is 0.431. The van der Waals surface area contributed by atoms with Gasteiger partial charge in [-0.3, -0.25) is 0 Å².